The molecule has 2 rings (SSSR count). The summed E-state index contributed by atoms with van der Waals surface area (Å²) < 4.78 is 0. The van der Waals surface area contributed by atoms with E-state index in [1.807, 2.05) is 13.2 Å². The van der Waals surface area contributed by atoms with E-state index in [1.54, 1.807) is 12.1 Å². The number of hydrogen-bond donors (Lipinski definition) is 2. The molecule has 0 atom stereocenters. The Morgan fingerprint density at radius 1 is 1.48 bits per heavy atom. The first-order valence-electron chi connectivity index (χ1n) is 6.25. The van der Waals surface area contributed by atoms with Gasteiger partial charge in [0.2, 0.25) is 0 Å². The number of rotatable bonds is 4. The first-order valence-corrected chi connectivity index (χ1v) is 7.85. The monoisotopic (exact) mass is 323 g/mol. The third-order valence-corrected chi connectivity index (χ3v) is 3.71. The van der Waals surface area contributed by atoms with Crippen LogP contribution >= 0.6 is 23.4 Å². The van der Waals surface area contributed by atoms with Crippen LogP contribution in [0.1, 0.15) is 23.0 Å². The maximum atomic E-state index is 12.3. The van der Waals surface area contributed by atoms with Gasteiger partial charge in [-0.2, -0.15) is 0 Å². The molecule has 0 aliphatic carbocycles. The van der Waals surface area contributed by atoms with Crippen LogP contribution in [-0.2, 0) is 6.42 Å². The number of aryl methyl sites for hydroxylation is 1. The maximum Gasteiger partial charge on any atom is 0.259 e. The van der Waals surface area contributed by atoms with Crippen molar-refractivity contribution in [1.29, 1.82) is 0 Å². The van der Waals surface area contributed by atoms with Gasteiger partial charge in [-0.15, -0.1) is 0 Å². The van der Waals surface area contributed by atoms with E-state index in [0.29, 0.717) is 22.8 Å². The third-order valence-electron chi connectivity index (χ3n) is 2.84. The number of aromatic hydroxyl groups is 1. The van der Waals surface area contributed by atoms with Crippen molar-refractivity contribution in [3.05, 3.63) is 40.7 Å². The van der Waals surface area contributed by atoms with Crippen LogP contribution in [-0.4, -0.2) is 27.2 Å². The van der Waals surface area contributed by atoms with Gasteiger partial charge < -0.3 is 10.4 Å². The second kappa shape index (κ2) is 6.78. The third kappa shape index (κ3) is 3.46. The number of thioether (sulfide) groups is 1. The number of amides is 1. The predicted octanol–water partition coefficient (Wildman–Crippen LogP) is 3.37. The van der Waals surface area contributed by atoms with Gasteiger partial charge in [0, 0.05) is 6.20 Å². The quantitative estimate of drug-likeness (QED) is 0.512. The molecule has 0 fully saturated rings. The minimum Gasteiger partial charge on any atom is -0.506 e. The van der Waals surface area contributed by atoms with Crippen LogP contribution in [0, 0.1) is 0 Å². The number of nitrogens with zero attached hydrogens (tertiary/aromatic N) is 2. The van der Waals surface area contributed by atoms with E-state index in [9.17, 15) is 9.90 Å². The number of benzene rings is 1. The average Bonchev–Trinajstić information content (AvgIpc) is 2.50. The average molecular weight is 324 g/mol. The number of nitrogens with one attached hydrogen (secondary N) is 1. The van der Waals surface area contributed by atoms with Gasteiger partial charge in [0.05, 0.1) is 16.3 Å². The highest BCUT2D eigenvalue weighted by Gasteiger charge is 2.16. The molecule has 0 radical (unpaired) electrons. The minimum atomic E-state index is -0.400. The smallest absolute Gasteiger partial charge is 0.259 e. The standard InChI is InChI=1S/C14H14ClN3O2S/c1-3-10-8(7-16-14(17-10)21-2)13(20)18-12-9(15)5-4-6-11(12)19/h4-7,19H,3H2,1-2H3,(H,18,20). The molecule has 21 heavy (non-hydrogen) atoms. The number of carbonyl (C=O) groups excluding carboxylic acids is 1. The lowest BCUT2D eigenvalue weighted by molar-refractivity contribution is 0.102. The summed E-state index contributed by atoms with van der Waals surface area (Å²) in [6.45, 7) is 1.91. The largest absolute Gasteiger partial charge is 0.506 e. The molecule has 2 N–H and O–H groups in total. The molecule has 0 aliphatic heterocycles. The van der Waals surface area contributed by atoms with E-state index in [1.165, 1.54) is 24.0 Å². The molecule has 1 heterocycles. The Kier molecular flexibility index (Phi) is 5.03. The lowest BCUT2D eigenvalue weighted by atomic mass is 10.1. The summed E-state index contributed by atoms with van der Waals surface area (Å²) in [6, 6.07) is 4.64. The van der Waals surface area contributed by atoms with Crippen molar-refractivity contribution in [3.8, 4) is 5.75 Å². The van der Waals surface area contributed by atoms with Gasteiger partial charge in [0.25, 0.3) is 5.91 Å². The molecule has 0 saturated carbocycles. The SMILES string of the molecule is CCc1nc(SC)ncc1C(=O)Nc1c(O)cccc1Cl. The van der Waals surface area contributed by atoms with Crippen LogP contribution < -0.4 is 5.32 Å². The highest BCUT2D eigenvalue weighted by Crippen LogP contribution is 2.31. The molecule has 1 aromatic carbocycles. The van der Waals surface area contributed by atoms with E-state index in [2.05, 4.69) is 15.3 Å². The second-order valence-corrected chi connectivity index (χ2v) is 5.34. The van der Waals surface area contributed by atoms with Crippen molar-refractivity contribution in [2.24, 2.45) is 0 Å². The van der Waals surface area contributed by atoms with E-state index < -0.39 is 5.91 Å². The summed E-state index contributed by atoms with van der Waals surface area (Å²) in [6.07, 6.45) is 3.96. The molecule has 0 bridgehead atoms. The van der Waals surface area contributed by atoms with Crippen molar-refractivity contribution in [3.63, 3.8) is 0 Å². The number of aromatic nitrogens is 2. The van der Waals surface area contributed by atoms with Gasteiger partial charge in [-0.3, -0.25) is 4.79 Å². The van der Waals surface area contributed by atoms with Crippen LogP contribution in [0.5, 0.6) is 5.75 Å². The second-order valence-electron chi connectivity index (χ2n) is 4.16. The van der Waals surface area contributed by atoms with Crippen LogP contribution in [0.4, 0.5) is 5.69 Å². The Hall–Kier alpha value is -1.79. The first kappa shape index (κ1) is 15.6. The number of halogens is 1. The lowest BCUT2D eigenvalue weighted by Crippen LogP contribution is -2.16. The molecule has 7 heteroatoms. The van der Waals surface area contributed by atoms with Crippen LogP contribution in [0.2, 0.25) is 5.02 Å². The molecule has 0 aliphatic rings. The number of carbonyl (C=O) groups is 1. The molecule has 110 valence electrons. The van der Waals surface area contributed by atoms with E-state index in [4.69, 9.17) is 11.6 Å². The van der Waals surface area contributed by atoms with E-state index in [-0.39, 0.29) is 16.5 Å². The maximum absolute atomic E-state index is 12.3. The summed E-state index contributed by atoms with van der Waals surface area (Å²) >= 11 is 7.39. The molecular formula is C14H14ClN3O2S. The fraction of sp³-hybridized carbons (Fsp3) is 0.214. The molecule has 0 saturated heterocycles. The lowest BCUT2D eigenvalue weighted by Gasteiger charge is -2.11. The van der Waals surface area contributed by atoms with Gasteiger partial charge in [-0.1, -0.05) is 36.4 Å². The Morgan fingerprint density at radius 2 is 2.24 bits per heavy atom. The molecule has 1 amide bonds. The number of phenols is 1. The van der Waals surface area contributed by atoms with Gasteiger partial charge in [-0.25, -0.2) is 9.97 Å². The van der Waals surface area contributed by atoms with Crippen LogP contribution in [0.15, 0.2) is 29.6 Å². The zero-order valence-electron chi connectivity index (χ0n) is 11.6. The van der Waals surface area contributed by atoms with Crippen molar-refractivity contribution >= 4 is 35.0 Å². The summed E-state index contributed by atoms with van der Waals surface area (Å²) in [4.78, 5) is 20.8. The zero-order valence-corrected chi connectivity index (χ0v) is 13.1. The molecule has 1 aromatic heterocycles. The topological polar surface area (TPSA) is 75.1 Å². The number of phenolic OH excluding ortho intramolecular Hbond substituents is 1. The Bertz CT molecular complexity index is 659. The molecular weight excluding hydrogens is 310 g/mol. The summed E-state index contributed by atoms with van der Waals surface area (Å²) in [7, 11) is 0. The van der Waals surface area contributed by atoms with Crippen molar-refractivity contribution in [2.75, 3.05) is 11.6 Å². The fourth-order valence-electron chi connectivity index (χ4n) is 1.77. The van der Waals surface area contributed by atoms with Gasteiger partial charge in [0.1, 0.15) is 11.4 Å². The van der Waals surface area contributed by atoms with Gasteiger partial charge >= 0.3 is 0 Å². The first-order chi connectivity index (χ1) is 10.1. The summed E-state index contributed by atoms with van der Waals surface area (Å²) in [5.41, 5.74) is 1.20. The number of hydrogen-bond acceptors (Lipinski definition) is 5. The highest BCUT2D eigenvalue weighted by atomic mass is 35.5. The Labute approximate surface area is 131 Å². The van der Waals surface area contributed by atoms with Gasteiger partial charge in [-0.05, 0) is 24.8 Å². The normalized spacial score (nSPS) is 10.4. The number of para-hydroxylation sites is 1. The van der Waals surface area contributed by atoms with Crippen molar-refractivity contribution < 1.29 is 9.90 Å². The van der Waals surface area contributed by atoms with Gasteiger partial charge in [0.15, 0.2) is 5.16 Å². The fourth-order valence-corrected chi connectivity index (χ4v) is 2.35. The molecule has 5 nitrogen and oxygen atoms in total. The Balaban J connectivity index is 2.32. The van der Waals surface area contributed by atoms with Crippen LogP contribution in [0.3, 0.4) is 0 Å². The van der Waals surface area contributed by atoms with Crippen LogP contribution in [0.25, 0.3) is 0 Å². The Morgan fingerprint density at radius 3 is 2.86 bits per heavy atom. The number of anilines is 1. The van der Waals surface area contributed by atoms with E-state index >= 15 is 0 Å². The summed E-state index contributed by atoms with van der Waals surface area (Å²) in [5.74, 6) is -0.488. The zero-order chi connectivity index (χ0) is 15.4. The predicted molar refractivity (Wildman–Crippen MR) is 84.3 cm³/mol. The van der Waals surface area contributed by atoms with Crippen molar-refractivity contribution in [1.82, 2.24) is 9.97 Å². The van der Waals surface area contributed by atoms with Crippen molar-refractivity contribution in [2.45, 2.75) is 18.5 Å². The molecule has 2 aromatic rings. The molecule has 0 unspecified atom stereocenters. The molecule has 0 spiro atoms. The minimum absolute atomic E-state index is 0.0875. The summed E-state index contributed by atoms with van der Waals surface area (Å²) in [5, 5.41) is 13.2. The highest BCUT2D eigenvalue weighted by molar-refractivity contribution is 7.98. The van der Waals surface area contributed by atoms with E-state index in [0.717, 1.165) is 0 Å².